The summed E-state index contributed by atoms with van der Waals surface area (Å²) in [6.45, 7) is 9.79. The van der Waals surface area contributed by atoms with Gasteiger partial charge >= 0.3 is 0 Å². The SMILES string of the molecule is CCCCC(CC)CC(CNC(C)C)c1cccc(F)c1. The van der Waals surface area contributed by atoms with Gasteiger partial charge in [-0.05, 0) is 36.0 Å². The number of halogens is 1. The zero-order valence-electron chi connectivity index (χ0n) is 14.2. The van der Waals surface area contributed by atoms with Gasteiger partial charge in [0, 0.05) is 12.6 Å². The zero-order chi connectivity index (χ0) is 15.7. The number of hydrogen-bond donors (Lipinski definition) is 1. The van der Waals surface area contributed by atoms with Crippen molar-refractivity contribution in [3.05, 3.63) is 35.6 Å². The minimum absolute atomic E-state index is 0.122. The van der Waals surface area contributed by atoms with E-state index in [0.29, 0.717) is 12.0 Å². The first kappa shape index (κ1) is 18.2. The van der Waals surface area contributed by atoms with Crippen molar-refractivity contribution in [1.29, 1.82) is 0 Å². The van der Waals surface area contributed by atoms with Gasteiger partial charge in [0.2, 0.25) is 0 Å². The van der Waals surface area contributed by atoms with Crippen molar-refractivity contribution in [1.82, 2.24) is 5.32 Å². The van der Waals surface area contributed by atoms with Gasteiger partial charge < -0.3 is 5.32 Å². The predicted octanol–water partition coefficient (Wildman–Crippen LogP) is 5.51. The highest BCUT2D eigenvalue weighted by molar-refractivity contribution is 5.21. The van der Waals surface area contributed by atoms with E-state index in [1.54, 1.807) is 6.07 Å². The van der Waals surface area contributed by atoms with Crippen LogP contribution in [-0.2, 0) is 0 Å². The maximum Gasteiger partial charge on any atom is 0.123 e. The fourth-order valence-electron chi connectivity index (χ4n) is 2.86. The maximum absolute atomic E-state index is 13.5. The number of rotatable bonds is 10. The fourth-order valence-corrected chi connectivity index (χ4v) is 2.86. The summed E-state index contributed by atoms with van der Waals surface area (Å²) in [4.78, 5) is 0. The third-order valence-electron chi connectivity index (χ3n) is 4.25. The molecule has 0 spiro atoms. The molecule has 120 valence electrons. The molecule has 2 heteroatoms. The molecule has 0 fully saturated rings. The van der Waals surface area contributed by atoms with Crippen molar-refractivity contribution in [3.8, 4) is 0 Å². The molecule has 21 heavy (non-hydrogen) atoms. The quantitative estimate of drug-likeness (QED) is 0.599. The van der Waals surface area contributed by atoms with Crippen molar-refractivity contribution in [2.75, 3.05) is 6.54 Å². The Balaban J connectivity index is 2.75. The lowest BCUT2D eigenvalue weighted by Gasteiger charge is -2.24. The second kappa shape index (κ2) is 9.94. The van der Waals surface area contributed by atoms with Gasteiger partial charge in [0.25, 0.3) is 0 Å². The Morgan fingerprint density at radius 3 is 2.52 bits per heavy atom. The second-order valence-electron chi connectivity index (χ2n) is 6.47. The molecule has 1 rings (SSSR count). The van der Waals surface area contributed by atoms with E-state index < -0.39 is 0 Å². The molecule has 1 aromatic rings. The van der Waals surface area contributed by atoms with E-state index in [1.807, 2.05) is 6.07 Å². The molecule has 0 aromatic heterocycles. The van der Waals surface area contributed by atoms with Crippen LogP contribution in [0.4, 0.5) is 4.39 Å². The molecular formula is C19H32FN. The number of nitrogens with one attached hydrogen (secondary N) is 1. The molecule has 0 bridgehead atoms. The van der Waals surface area contributed by atoms with Gasteiger partial charge in [-0.2, -0.15) is 0 Å². The third kappa shape index (κ3) is 7.08. The van der Waals surface area contributed by atoms with E-state index in [0.717, 1.165) is 24.4 Å². The molecule has 1 aromatic carbocycles. The van der Waals surface area contributed by atoms with Crippen molar-refractivity contribution in [2.24, 2.45) is 5.92 Å². The van der Waals surface area contributed by atoms with E-state index in [-0.39, 0.29) is 5.82 Å². The fraction of sp³-hybridized carbons (Fsp3) is 0.684. The minimum Gasteiger partial charge on any atom is -0.314 e. The Kier molecular flexibility index (Phi) is 8.60. The van der Waals surface area contributed by atoms with E-state index in [9.17, 15) is 4.39 Å². The van der Waals surface area contributed by atoms with E-state index in [1.165, 1.54) is 31.7 Å². The lowest BCUT2D eigenvalue weighted by Crippen LogP contribution is -2.29. The van der Waals surface area contributed by atoms with Crippen molar-refractivity contribution in [2.45, 2.75) is 71.8 Å². The normalized spacial score (nSPS) is 14.4. The Bertz CT molecular complexity index is 389. The molecule has 2 atom stereocenters. The van der Waals surface area contributed by atoms with E-state index >= 15 is 0 Å². The van der Waals surface area contributed by atoms with E-state index in [4.69, 9.17) is 0 Å². The molecule has 0 heterocycles. The number of unbranched alkanes of at least 4 members (excludes halogenated alkanes) is 1. The summed E-state index contributed by atoms with van der Waals surface area (Å²) in [6.07, 6.45) is 6.21. The number of hydrogen-bond acceptors (Lipinski definition) is 1. The third-order valence-corrected chi connectivity index (χ3v) is 4.25. The summed E-state index contributed by atoms with van der Waals surface area (Å²) in [5, 5.41) is 3.53. The van der Waals surface area contributed by atoms with Crippen molar-refractivity contribution >= 4 is 0 Å². The molecule has 1 N–H and O–H groups in total. The van der Waals surface area contributed by atoms with Crippen LogP contribution in [0.3, 0.4) is 0 Å². The molecule has 0 radical (unpaired) electrons. The highest BCUT2D eigenvalue weighted by Crippen LogP contribution is 2.28. The van der Waals surface area contributed by atoms with Crippen LogP contribution in [0.15, 0.2) is 24.3 Å². The van der Waals surface area contributed by atoms with Gasteiger partial charge in [-0.3, -0.25) is 0 Å². The monoisotopic (exact) mass is 293 g/mol. The average molecular weight is 293 g/mol. The summed E-state index contributed by atoms with van der Waals surface area (Å²) < 4.78 is 13.5. The second-order valence-corrected chi connectivity index (χ2v) is 6.47. The lowest BCUT2D eigenvalue weighted by atomic mass is 9.84. The van der Waals surface area contributed by atoms with Gasteiger partial charge in [-0.1, -0.05) is 65.5 Å². The topological polar surface area (TPSA) is 12.0 Å². The van der Waals surface area contributed by atoms with Crippen molar-refractivity contribution < 1.29 is 4.39 Å². The Morgan fingerprint density at radius 2 is 1.95 bits per heavy atom. The smallest absolute Gasteiger partial charge is 0.123 e. The maximum atomic E-state index is 13.5. The highest BCUT2D eigenvalue weighted by Gasteiger charge is 2.17. The Hall–Kier alpha value is -0.890. The molecule has 1 nitrogen and oxygen atoms in total. The lowest BCUT2D eigenvalue weighted by molar-refractivity contribution is 0.370. The van der Waals surface area contributed by atoms with Crippen LogP contribution in [0.25, 0.3) is 0 Å². The molecule has 0 aliphatic heterocycles. The zero-order valence-corrected chi connectivity index (χ0v) is 14.2. The van der Waals surface area contributed by atoms with Crippen LogP contribution >= 0.6 is 0 Å². The largest absolute Gasteiger partial charge is 0.314 e. The first-order chi connectivity index (χ1) is 10.1. The summed E-state index contributed by atoms with van der Waals surface area (Å²) >= 11 is 0. The van der Waals surface area contributed by atoms with E-state index in [2.05, 4.69) is 39.1 Å². The predicted molar refractivity (Wildman–Crippen MR) is 90.2 cm³/mol. The van der Waals surface area contributed by atoms with Gasteiger partial charge in [0.1, 0.15) is 5.82 Å². The molecule has 0 aliphatic rings. The van der Waals surface area contributed by atoms with Gasteiger partial charge in [-0.25, -0.2) is 4.39 Å². The van der Waals surface area contributed by atoms with Crippen LogP contribution < -0.4 is 5.32 Å². The van der Waals surface area contributed by atoms with Gasteiger partial charge in [0.05, 0.1) is 0 Å². The van der Waals surface area contributed by atoms with Crippen molar-refractivity contribution in [3.63, 3.8) is 0 Å². The molecule has 2 unspecified atom stereocenters. The first-order valence-electron chi connectivity index (χ1n) is 8.55. The van der Waals surface area contributed by atoms with Crippen LogP contribution in [-0.4, -0.2) is 12.6 Å². The molecular weight excluding hydrogens is 261 g/mol. The van der Waals surface area contributed by atoms with Gasteiger partial charge in [0.15, 0.2) is 0 Å². The first-order valence-corrected chi connectivity index (χ1v) is 8.55. The molecule has 0 saturated carbocycles. The molecule has 0 aliphatic carbocycles. The van der Waals surface area contributed by atoms with Crippen LogP contribution in [0.5, 0.6) is 0 Å². The molecule has 0 amide bonds. The summed E-state index contributed by atoms with van der Waals surface area (Å²) in [7, 11) is 0. The van der Waals surface area contributed by atoms with Crippen LogP contribution in [0, 0.1) is 11.7 Å². The average Bonchev–Trinajstić information content (AvgIpc) is 2.46. The molecule has 0 saturated heterocycles. The Morgan fingerprint density at radius 1 is 1.19 bits per heavy atom. The number of benzene rings is 1. The highest BCUT2D eigenvalue weighted by atomic mass is 19.1. The van der Waals surface area contributed by atoms with Crippen LogP contribution in [0.1, 0.15) is 71.3 Å². The standard InChI is InChI=1S/C19H32FN/c1-5-7-9-16(6-2)12-18(14-21-15(3)4)17-10-8-11-19(20)13-17/h8,10-11,13,15-16,18,21H,5-7,9,12,14H2,1-4H3. The summed E-state index contributed by atoms with van der Waals surface area (Å²) in [6, 6.07) is 7.61. The summed E-state index contributed by atoms with van der Waals surface area (Å²) in [5.74, 6) is 1.03. The minimum atomic E-state index is -0.122. The van der Waals surface area contributed by atoms with Gasteiger partial charge in [-0.15, -0.1) is 0 Å². The van der Waals surface area contributed by atoms with Crippen LogP contribution in [0.2, 0.25) is 0 Å². The summed E-state index contributed by atoms with van der Waals surface area (Å²) in [5.41, 5.74) is 1.14. The Labute approximate surface area is 130 Å².